The molecule has 0 amide bonds. The van der Waals surface area contributed by atoms with Crippen LogP contribution in [0.3, 0.4) is 0 Å². The Hall–Kier alpha value is -0.980. The van der Waals surface area contributed by atoms with Crippen molar-refractivity contribution in [3.8, 4) is 0 Å². The van der Waals surface area contributed by atoms with Crippen molar-refractivity contribution >= 4 is 23.3 Å². The monoisotopic (exact) mass is 266 g/mol. The Kier molecular flexibility index (Phi) is 4.47. The van der Waals surface area contributed by atoms with Crippen molar-refractivity contribution in [3.63, 3.8) is 0 Å². The van der Waals surface area contributed by atoms with E-state index in [4.69, 9.17) is 5.73 Å². The normalized spacial score (nSPS) is 12.6. The van der Waals surface area contributed by atoms with E-state index in [1.807, 2.05) is 6.07 Å². The number of hydrogen-bond donors (Lipinski definition) is 1. The van der Waals surface area contributed by atoms with Crippen molar-refractivity contribution in [1.82, 2.24) is 14.3 Å². The third-order valence-corrected chi connectivity index (χ3v) is 4.16. The van der Waals surface area contributed by atoms with Gasteiger partial charge >= 0.3 is 0 Å². The second-order valence-electron chi connectivity index (χ2n) is 3.65. The standard InChI is InChI=1S/C11H14N4S2/c1-2-9(12)6-8-4-3-5-13-10(8)16-11-14-7-15-17-11/h3-5,7,9H,2,6,12H2,1H3. The number of hydrogen-bond acceptors (Lipinski definition) is 6. The van der Waals surface area contributed by atoms with Gasteiger partial charge in [0.25, 0.3) is 0 Å². The molecule has 4 nitrogen and oxygen atoms in total. The van der Waals surface area contributed by atoms with Gasteiger partial charge in [0.15, 0.2) is 4.34 Å². The summed E-state index contributed by atoms with van der Waals surface area (Å²) in [7, 11) is 0. The van der Waals surface area contributed by atoms with Crippen molar-refractivity contribution in [2.75, 3.05) is 0 Å². The molecule has 0 aromatic carbocycles. The lowest BCUT2D eigenvalue weighted by Gasteiger charge is -2.10. The molecule has 2 heterocycles. The average Bonchev–Trinajstić information content (AvgIpc) is 2.84. The molecule has 1 atom stereocenters. The Labute approximate surface area is 109 Å². The second kappa shape index (κ2) is 6.09. The summed E-state index contributed by atoms with van der Waals surface area (Å²) in [6, 6.07) is 4.21. The molecule has 0 aliphatic carbocycles. The first-order chi connectivity index (χ1) is 8.29. The van der Waals surface area contributed by atoms with Crippen molar-refractivity contribution in [2.45, 2.75) is 35.2 Å². The molecule has 2 aromatic heterocycles. The van der Waals surface area contributed by atoms with Crippen LogP contribution in [0.1, 0.15) is 18.9 Å². The van der Waals surface area contributed by atoms with Crippen LogP contribution < -0.4 is 5.73 Å². The molecule has 0 bridgehead atoms. The third-order valence-electron chi connectivity index (χ3n) is 2.38. The zero-order chi connectivity index (χ0) is 12.1. The molecule has 6 heteroatoms. The van der Waals surface area contributed by atoms with Crippen LogP contribution in [0.2, 0.25) is 0 Å². The summed E-state index contributed by atoms with van der Waals surface area (Å²) < 4.78 is 4.89. The maximum Gasteiger partial charge on any atom is 0.176 e. The topological polar surface area (TPSA) is 64.7 Å². The fraction of sp³-hybridized carbons (Fsp3) is 0.364. The molecule has 0 fully saturated rings. The zero-order valence-corrected chi connectivity index (χ0v) is 11.2. The van der Waals surface area contributed by atoms with E-state index in [0.717, 1.165) is 22.2 Å². The maximum absolute atomic E-state index is 5.98. The molecule has 0 saturated carbocycles. The lowest BCUT2D eigenvalue weighted by atomic mass is 10.1. The minimum atomic E-state index is 0.188. The van der Waals surface area contributed by atoms with Gasteiger partial charge in [-0.15, -0.1) is 0 Å². The van der Waals surface area contributed by atoms with Gasteiger partial charge < -0.3 is 5.73 Å². The highest BCUT2D eigenvalue weighted by molar-refractivity contribution is 8.00. The molecular weight excluding hydrogens is 252 g/mol. The van der Waals surface area contributed by atoms with E-state index in [1.165, 1.54) is 17.1 Å². The first-order valence-electron chi connectivity index (χ1n) is 5.43. The van der Waals surface area contributed by atoms with Crippen LogP contribution in [-0.2, 0) is 6.42 Å². The van der Waals surface area contributed by atoms with Crippen LogP contribution >= 0.6 is 23.3 Å². The van der Waals surface area contributed by atoms with Crippen LogP contribution in [-0.4, -0.2) is 20.4 Å². The van der Waals surface area contributed by atoms with Crippen LogP contribution in [0.15, 0.2) is 34.0 Å². The number of rotatable bonds is 5. The molecule has 1 unspecified atom stereocenters. The fourth-order valence-electron chi connectivity index (χ4n) is 1.39. The second-order valence-corrected chi connectivity index (χ2v) is 5.67. The highest BCUT2D eigenvalue weighted by Crippen LogP contribution is 2.29. The SMILES string of the molecule is CCC(N)Cc1cccnc1Sc1ncns1. The quantitative estimate of drug-likeness (QED) is 0.900. The predicted octanol–water partition coefficient (Wildman–Crippen LogP) is 2.36. The van der Waals surface area contributed by atoms with Gasteiger partial charge in [-0.05, 0) is 47.8 Å². The van der Waals surface area contributed by atoms with Gasteiger partial charge in [0, 0.05) is 12.2 Å². The van der Waals surface area contributed by atoms with Crippen LogP contribution in [0, 0.1) is 0 Å². The van der Waals surface area contributed by atoms with Gasteiger partial charge in [-0.1, -0.05) is 13.0 Å². The van der Waals surface area contributed by atoms with E-state index in [0.29, 0.717) is 0 Å². The van der Waals surface area contributed by atoms with E-state index < -0.39 is 0 Å². The van der Waals surface area contributed by atoms with Crippen LogP contribution in [0.4, 0.5) is 0 Å². The maximum atomic E-state index is 5.98. The summed E-state index contributed by atoms with van der Waals surface area (Å²) >= 11 is 2.93. The minimum absolute atomic E-state index is 0.188. The molecule has 2 rings (SSSR count). The van der Waals surface area contributed by atoms with Gasteiger partial charge in [0.1, 0.15) is 11.4 Å². The highest BCUT2D eigenvalue weighted by Gasteiger charge is 2.10. The minimum Gasteiger partial charge on any atom is -0.327 e. The summed E-state index contributed by atoms with van der Waals surface area (Å²) in [6.07, 6.45) is 5.18. The fourth-order valence-corrected chi connectivity index (χ4v) is 2.84. The number of pyridine rings is 1. The smallest absolute Gasteiger partial charge is 0.176 e. The van der Waals surface area contributed by atoms with E-state index >= 15 is 0 Å². The Morgan fingerprint density at radius 2 is 2.35 bits per heavy atom. The number of nitrogens with zero attached hydrogens (tertiary/aromatic N) is 3. The predicted molar refractivity (Wildman–Crippen MR) is 70.2 cm³/mol. The zero-order valence-electron chi connectivity index (χ0n) is 9.54. The van der Waals surface area contributed by atoms with Crippen molar-refractivity contribution in [2.24, 2.45) is 5.73 Å². The van der Waals surface area contributed by atoms with E-state index in [1.54, 1.807) is 24.3 Å². The molecule has 0 aliphatic rings. The van der Waals surface area contributed by atoms with Crippen molar-refractivity contribution in [1.29, 1.82) is 0 Å². The molecule has 0 saturated heterocycles. The van der Waals surface area contributed by atoms with Gasteiger partial charge in [-0.3, -0.25) is 0 Å². The third kappa shape index (κ3) is 3.49. The molecule has 0 spiro atoms. The van der Waals surface area contributed by atoms with Gasteiger partial charge in [-0.2, -0.15) is 4.37 Å². The number of nitrogens with two attached hydrogens (primary N) is 1. The summed E-state index contributed by atoms with van der Waals surface area (Å²) in [6.45, 7) is 2.10. The van der Waals surface area contributed by atoms with Gasteiger partial charge in [0.05, 0.1) is 0 Å². The van der Waals surface area contributed by atoms with Crippen LogP contribution in [0.25, 0.3) is 0 Å². The Morgan fingerprint density at radius 1 is 1.47 bits per heavy atom. The van der Waals surface area contributed by atoms with Crippen molar-refractivity contribution < 1.29 is 0 Å². The van der Waals surface area contributed by atoms with E-state index in [-0.39, 0.29) is 6.04 Å². The average molecular weight is 266 g/mol. The Morgan fingerprint density at radius 3 is 3.06 bits per heavy atom. The van der Waals surface area contributed by atoms with Gasteiger partial charge in [-0.25, -0.2) is 9.97 Å². The molecule has 0 aliphatic heterocycles. The molecular formula is C11H14N4S2. The lowest BCUT2D eigenvalue weighted by molar-refractivity contribution is 0.637. The van der Waals surface area contributed by atoms with E-state index in [2.05, 4.69) is 27.3 Å². The van der Waals surface area contributed by atoms with Crippen LogP contribution in [0.5, 0.6) is 0 Å². The molecule has 17 heavy (non-hydrogen) atoms. The summed E-state index contributed by atoms with van der Waals surface area (Å²) in [5, 5.41) is 0.980. The number of aromatic nitrogens is 3. The summed E-state index contributed by atoms with van der Waals surface area (Å²) in [5.41, 5.74) is 7.17. The first-order valence-corrected chi connectivity index (χ1v) is 7.02. The van der Waals surface area contributed by atoms with Gasteiger partial charge in [0.2, 0.25) is 0 Å². The molecule has 0 radical (unpaired) electrons. The highest BCUT2D eigenvalue weighted by atomic mass is 32.2. The van der Waals surface area contributed by atoms with E-state index in [9.17, 15) is 0 Å². The Balaban J connectivity index is 2.15. The summed E-state index contributed by atoms with van der Waals surface area (Å²) in [5.74, 6) is 0. The van der Waals surface area contributed by atoms with Crippen molar-refractivity contribution in [3.05, 3.63) is 30.2 Å². The largest absolute Gasteiger partial charge is 0.327 e. The summed E-state index contributed by atoms with van der Waals surface area (Å²) in [4.78, 5) is 8.54. The molecule has 90 valence electrons. The molecule has 2 aromatic rings. The first kappa shape index (κ1) is 12.5. The Bertz CT molecular complexity index is 458. The lowest BCUT2D eigenvalue weighted by Crippen LogP contribution is -2.21. The molecule has 2 N–H and O–H groups in total.